The van der Waals surface area contributed by atoms with Gasteiger partial charge in [-0.1, -0.05) is 42.8 Å². The van der Waals surface area contributed by atoms with Crippen LogP contribution in [0.15, 0.2) is 35.9 Å². The van der Waals surface area contributed by atoms with Gasteiger partial charge in [0.05, 0.1) is 0 Å². The van der Waals surface area contributed by atoms with Crippen molar-refractivity contribution in [3.05, 3.63) is 41.5 Å². The topological polar surface area (TPSA) is 12.0 Å². The highest BCUT2D eigenvalue weighted by Crippen LogP contribution is 2.36. The van der Waals surface area contributed by atoms with E-state index in [0.29, 0.717) is 0 Å². The molecule has 0 spiro atoms. The van der Waals surface area contributed by atoms with Crippen molar-refractivity contribution in [2.45, 2.75) is 51.1 Å². The van der Waals surface area contributed by atoms with Gasteiger partial charge in [0.15, 0.2) is 0 Å². The third kappa shape index (κ3) is 2.16. The lowest BCUT2D eigenvalue weighted by Gasteiger charge is -2.26. The molecule has 2 fully saturated rings. The average molecular weight is 227 g/mol. The first-order valence-corrected chi connectivity index (χ1v) is 6.89. The molecule has 2 atom stereocenters. The van der Waals surface area contributed by atoms with Crippen LogP contribution in [0.25, 0.3) is 5.57 Å². The molecule has 90 valence electrons. The molecule has 1 heteroatoms. The smallest absolute Gasteiger partial charge is 0.0108 e. The molecular weight excluding hydrogens is 206 g/mol. The van der Waals surface area contributed by atoms with Crippen LogP contribution in [0.5, 0.6) is 0 Å². The van der Waals surface area contributed by atoms with Crippen LogP contribution in [0.3, 0.4) is 0 Å². The van der Waals surface area contributed by atoms with E-state index < -0.39 is 0 Å². The van der Waals surface area contributed by atoms with Gasteiger partial charge in [0.25, 0.3) is 0 Å². The first-order chi connectivity index (χ1) is 8.36. The number of fused-ring (bicyclic) bond motifs is 2. The van der Waals surface area contributed by atoms with Crippen molar-refractivity contribution in [3.8, 4) is 0 Å². The fraction of sp³-hybridized carbons (Fsp3) is 0.500. The van der Waals surface area contributed by atoms with Crippen LogP contribution >= 0.6 is 0 Å². The number of nitrogens with one attached hydrogen (secondary N) is 1. The van der Waals surface area contributed by atoms with Crippen LogP contribution in [-0.4, -0.2) is 12.1 Å². The second-order valence-electron chi connectivity index (χ2n) is 5.35. The number of allylic oxidation sites excluding steroid dienone is 1. The molecule has 2 bridgehead atoms. The highest BCUT2D eigenvalue weighted by Gasteiger charge is 2.31. The summed E-state index contributed by atoms with van der Waals surface area (Å²) in [6.07, 6.45) is 6.46. The van der Waals surface area contributed by atoms with Gasteiger partial charge in [0.1, 0.15) is 0 Å². The maximum absolute atomic E-state index is 3.72. The lowest BCUT2D eigenvalue weighted by Crippen LogP contribution is -2.35. The monoisotopic (exact) mass is 227 g/mol. The largest absolute Gasteiger partial charge is 0.311 e. The highest BCUT2D eigenvalue weighted by atomic mass is 15.0. The molecule has 1 aromatic rings. The third-order valence-electron chi connectivity index (χ3n) is 4.22. The zero-order valence-corrected chi connectivity index (χ0v) is 10.6. The van der Waals surface area contributed by atoms with Crippen molar-refractivity contribution in [1.29, 1.82) is 0 Å². The van der Waals surface area contributed by atoms with Crippen LogP contribution in [0.2, 0.25) is 0 Å². The molecule has 0 aliphatic carbocycles. The Morgan fingerprint density at radius 2 is 1.76 bits per heavy atom. The van der Waals surface area contributed by atoms with Crippen molar-refractivity contribution in [2.75, 3.05) is 0 Å². The van der Waals surface area contributed by atoms with Gasteiger partial charge in [0.2, 0.25) is 0 Å². The minimum absolute atomic E-state index is 0.758. The molecule has 1 N–H and O–H groups in total. The molecule has 0 radical (unpaired) electrons. The number of piperidine rings is 1. The fourth-order valence-electron chi connectivity index (χ4n) is 3.45. The summed E-state index contributed by atoms with van der Waals surface area (Å²) in [4.78, 5) is 0. The Balaban J connectivity index is 1.94. The number of benzene rings is 1. The SMILES string of the molecule is CCC(=C1CC2CCC(C1)N2)c1ccccc1. The molecule has 2 aliphatic rings. The number of rotatable bonds is 2. The Morgan fingerprint density at radius 1 is 1.12 bits per heavy atom. The van der Waals surface area contributed by atoms with Gasteiger partial charge in [-0.25, -0.2) is 0 Å². The van der Waals surface area contributed by atoms with E-state index in [0.717, 1.165) is 12.1 Å². The first-order valence-electron chi connectivity index (χ1n) is 6.89. The van der Waals surface area contributed by atoms with E-state index in [1.54, 1.807) is 11.1 Å². The zero-order chi connectivity index (χ0) is 11.7. The van der Waals surface area contributed by atoms with E-state index in [1.807, 2.05) is 0 Å². The molecule has 3 rings (SSSR count). The normalized spacial score (nSPS) is 27.2. The van der Waals surface area contributed by atoms with Crippen molar-refractivity contribution in [3.63, 3.8) is 0 Å². The van der Waals surface area contributed by atoms with E-state index in [2.05, 4.69) is 42.6 Å². The summed E-state index contributed by atoms with van der Waals surface area (Å²) < 4.78 is 0. The Hall–Kier alpha value is -1.08. The first kappa shape index (κ1) is 11.0. The minimum Gasteiger partial charge on any atom is -0.311 e. The van der Waals surface area contributed by atoms with Crippen molar-refractivity contribution in [2.24, 2.45) is 0 Å². The van der Waals surface area contributed by atoms with Gasteiger partial charge < -0.3 is 5.32 Å². The van der Waals surface area contributed by atoms with E-state index in [-0.39, 0.29) is 0 Å². The van der Waals surface area contributed by atoms with Crippen LogP contribution in [0, 0.1) is 0 Å². The summed E-state index contributed by atoms with van der Waals surface area (Å²) >= 11 is 0. The minimum atomic E-state index is 0.758. The van der Waals surface area contributed by atoms with Gasteiger partial charge in [-0.05, 0) is 43.2 Å². The summed E-state index contributed by atoms with van der Waals surface area (Å²) in [5, 5.41) is 3.72. The Labute approximate surface area is 104 Å². The molecule has 2 aliphatic heterocycles. The summed E-state index contributed by atoms with van der Waals surface area (Å²) in [7, 11) is 0. The van der Waals surface area contributed by atoms with E-state index in [4.69, 9.17) is 0 Å². The summed E-state index contributed by atoms with van der Waals surface area (Å²) in [6.45, 7) is 2.29. The second kappa shape index (κ2) is 4.66. The molecule has 0 aromatic heterocycles. The van der Waals surface area contributed by atoms with Gasteiger partial charge >= 0.3 is 0 Å². The number of hydrogen-bond acceptors (Lipinski definition) is 1. The van der Waals surface area contributed by atoms with Crippen molar-refractivity contribution >= 4 is 5.57 Å². The van der Waals surface area contributed by atoms with Crippen molar-refractivity contribution in [1.82, 2.24) is 5.32 Å². The van der Waals surface area contributed by atoms with Gasteiger partial charge in [-0.15, -0.1) is 0 Å². The fourth-order valence-corrected chi connectivity index (χ4v) is 3.45. The predicted octanol–water partition coefficient (Wildman–Crippen LogP) is 3.76. The van der Waals surface area contributed by atoms with Crippen LogP contribution in [0.1, 0.15) is 44.6 Å². The average Bonchev–Trinajstić information content (AvgIpc) is 2.71. The molecule has 2 heterocycles. The molecule has 2 saturated heterocycles. The molecule has 0 saturated carbocycles. The van der Waals surface area contributed by atoms with Crippen LogP contribution in [0.4, 0.5) is 0 Å². The second-order valence-corrected chi connectivity index (χ2v) is 5.35. The zero-order valence-electron chi connectivity index (χ0n) is 10.6. The molecule has 1 aromatic carbocycles. The lowest BCUT2D eigenvalue weighted by molar-refractivity contribution is 0.474. The number of hydrogen-bond donors (Lipinski definition) is 1. The molecular formula is C16H21N. The Morgan fingerprint density at radius 3 is 2.35 bits per heavy atom. The molecule has 2 unspecified atom stereocenters. The summed E-state index contributed by atoms with van der Waals surface area (Å²) in [5.41, 5.74) is 4.75. The maximum Gasteiger partial charge on any atom is 0.0108 e. The third-order valence-corrected chi connectivity index (χ3v) is 4.22. The molecule has 0 amide bonds. The predicted molar refractivity (Wildman–Crippen MR) is 72.8 cm³/mol. The quantitative estimate of drug-likeness (QED) is 0.811. The lowest BCUT2D eigenvalue weighted by atomic mass is 9.89. The van der Waals surface area contributed by atoms with Crippen molar-refractivity contribution < 1.29 is 0 Å². The Kier molecular flexibility index (Phi) is 3.02. The van der Waals surface area contributed by atoms with Crippen LogP contribution < -0.4 is 5.32 Å². The summed E-state index contributed by atoms with van der Waals surface area (Å²) in [5.74, 6) is 0. The van der Waals surface area contributed by atoms with E-state index in [1.165, 1.54) is 37.7 Å². The van der Waals surface area contributed by atoms with Gasteiger partial charge in [0, 0.05) is 12.1 Å². The highest BCUT2D eigenvalue weighted by molar-refractivity contribution is 5.69. The van der Waals surface area contributed by atoms with E-state index in [9.17, 15) is 0 Å². The van der Waals surface area contributed by atoms with Gasteiger partial charge in [-0.2, -0.15) is 0 Å². The van der Waals surface area contributed by atoms with Gasteiger partial charge in [-0.3, -0.25) is 0 Å². The molecule has 1 nitrogen and oxygen atoms in total. The molecule has 17 heavy (non-hydrogen) atoms. The van der Waals surface area contributed by atoms with E-state index >= 15 is 0 Å². The summed E-state index contributed by atoms with van der Waals surface area (Å²) in [6, 6.07) is 12.4. The Bertz CT molecular complexity index is 404. The standard InChI is InChI=1S/C16H21N/c1-2-16(12-6-4-3-5-7-12)13-10-14-8-9-15(11-13)17-14/h3-7,14-15,17H,2,8-11H2,1H3. The van der Waals surface area contributed by atoms with Crippen LogP contribution in [-0.2, 0) is 0 Å². The maximum atomic E-state index is 3.72.